The fraction of sp³-hybridized carbons (Fsp3) is 0.150. The average Bonchev–Trinajstić information content (AvgIpc) is 3.37. The largest absolute Gasteiger partial charge is 0.349 e. The molecule has 4 rings (SSSR count). The van der Waals surface area contributed by atoms with Crippen molar-refractivity contribution in [2.45, 2.75) is 18.1 Å². The third-order valence-corrected chi connectivity index (χ3v) is 5.93. The van der Waals surface area contributed by atoms with Crippen molar-refractivity contribution in [2.24, 2.45) is 0 Å². The first-order valence-electron chi connectivity index (χ1n) is 8.56. The van der Waals surface area contributed by atoms with Gasteiger partial charge >= 0.3 is 0 Å². The number of aromatic nitrogens is 3. The lowest BCUT2D eigenvalue weighted by molar-refractivity contribution is -0.119. The van der Waals surface area contributed by atoms with Gasteiger partial charge in [-0.05, 0) is 40.8 Å². The maximum atomic E-state index is 12.3. The summed E-state index contributed by atoms with van der Waals surface area (Å²) in [6, 6.07) is 18.4. The Morgan fingerprint density at radius 3 is 2.85 bits per heavy atom. The number of thiophene rings is 1. The van der Waals surface area contributed by atoms with Gasteiger partial charge in [0.1, 0.15) is 0 Å². The summed E-state index contributed by atoms with van der Waals surface area (Å²) < 4.78 is 0. The average molecular weight is 395 g/mol. The Balaban J connectivity index is 1.34. The Labute approximate surface area is 165 Å². The lowest BCUT2D eigenvalue weighted by atomic mass is 10.0. The number of hydrogen-bond donors (Lipinski definition) is 2. The second-order valence-corrected chi connectivity index (χ2v) is 8.02. The molecular weight excluding hydrogens is 376 g/mol. The van der Waals surface area contributed by atoms with Crippen LogP contribution in [0.15, 0.2) is 65.1 Å². The Morgan fingerprint density at radius 2 is 2.04 bits per heavy atom. The molecule has 136 valence electrons. The van der Waals surface area contributed by atoms with Crippen molar-refractivity contribution >= 4 is 39.8 Å². The Morgan fingerprint density at radius 1 is 1.19 bits per heavy atom. The van der Waals surface area contributed by atoms with E-state index in [0.29, 0.717) is 5.16 Å². The van der Waals surface area contributed by atoms with Crippen molar-refractivity contribution < 1.29 is 4.79 Å². The highest BCUT2D eigenvalue weighted by atomic mass is 32.2. The van der Waals surface area contributed by atoms with Gasteiger partial charge in [-0.3, -0.25) is 9.89 Å². The molecule has 0 bridgehead atoms. The first-order valence-corrected chi connectivity index (χ1v) is 10.4. The summed E-state index contributed by atoms with van der Waals surface area (Å²) in [7, 11) is 0. The lowest BCUT2D eigenvalue weighted by Crippen LogP contribution is -2.28. The predicted molar refractivity (Wildman–Crippen MR) is 111 cm³/mol. The second-order valence-electron chi connectivity index (χ2n) is 6.13. The fourth-order valence-corrected chi connectivity index (χ4v) is 4.08. The highest BCUT2D eigenvalue weighted by Crippen LogP contribution is 2.24. The van der Waals surface area contributed by atoms with E-state index in [0.717, 1.165) is 16.3 Å². The number of H-pyrrole nitrogens is 1. The topological polar surface area (TPSA) is 70.7 Å². The van der Waals surface area contributed by atoms with Crippen LogP contribution in [0, 0.1) is 0 Å². The minimum atomic E-state index is -0.0588. The number of benzene rings is 2. The zero-order chi connectivity index (χ0) is 18.6. The molecule has 5 nitrogen and oxygen atoms in total. The molecule has 0 unspecified atom stereocenters. The Kier molecular flexibility index (Phi) is 5.22. The zero-order valence-electron chi connectivity index (χ0n) is 14.7. The minimum absolute atomic E-state index is 0.0388. The Hall–Kier alpha value is -2.64. The monoisotopic (exact) mass is 394 g/mol. The van der Waals surface area contributed by atoms with Crippen LogP contribution in [0.5, 0.6) is 0 Å². The van der Waals surface area contributed by atoms with Crippen LogP contribution in [0.4, 0.5) is 0 Å². The summed E-state index contributed by atoms with van der Waals surface area (Å²) in [5.41, 5.74) is 1.09. The van der Waals surface area contributed by atoms with Crippen molar-refractivity contribution in [1.82, 2.24) is 20.5 Å². The molecule has 27 heavy (non-hydrogen) atoms. The van der Waals surface area contributed by atoms with Crippen molar-refractivity contribution in [3.8, 4) is 10.7 Å². The summed E-state index contributed by atoms with van der Waals surface area (Å²) in [4.78, 5) is 17.8. The number of nitrogens with one attached hydrogen (secondary N) is 2. The van der Waals surface area contributed by atoms with E-state index in [1.165, 1.54) is 22.5 Å². The van der Waals surface area contributed by atoms with Crippen LogP contribution in [0.2, 0.25) is 0 Å². The number of carbonyl (C=O) groups is 1. The van der Waals surface area contributed by atoms with E-state index >= 15 is 0 Å². The molecule has 0 saturated carbocycles. The van der Waals surface area contributed by atoms with Gasteiger partial charge in [0, 0.05) is 0 Å². The van der Waals surface area contributed by atoms with Crippen molar-refractivity contribution in [2.75, 3.05) is 5.75 Å². The SMILES string of the molecule is C[C@H](NC(=O)CSc1n[nH]c(-c2cccs2)n1)c1ccc2ccccc2c1. The number of amides is 1. The Bertz CT molecular complexity index is 1060. The van der Waals surface area contributed by atoms with Crippen molar-refractivity contribution in [3.63, 3.8) is 0 Å². The molecule has 2 aromatic heterocycles. The molecule has 0 aliphatic heterocycles. The molecule has 0 radical (unpaired) electrons. The van der Waals surface area contributed by atoms with Gasteiger partial charge in [-0.2, -0.15) is 0 Å². The highest BCUT2D eigenvalue weighted by Gasteiger charge is 2.13. The van der Waals surface area contributed by atoms with E-state index in [4.69, 9.17) is 0 Å². The molecule has 2 N–H and O–H groups in total. The van der Waals surface area contributed by atoms with E-state index in [2.05, 4.69) is 50.8 Å². The number of carbonyl (C=O) groups excluding carboxylic acids is 1. The van der Waals surface area contributed by atoms with Gasteiger partial charge < -0.3 is 5.32 Å². The molecular formula is C20H18N4OS2. The number of fused-ring (bicyclic) bond motifs is 1. The van der Waals surface area contributed by atoms with E-state index in [-0.39, 0.29) is 17.7 Å². The van der Waals surface area contributed by atoms with E-state index in [1.54, 1.807) is 11.3 Å². The van der Waals surface area contributed by atoms with Crippen LogP contribution >= 0.6 is 23.1 Å². The molecule has 1 amide bonds. The van der Waals surface area contributed by atoms with Crippen LogP contribution in [0.25, 0.3) is 21.5 Å². The fourth-order valence-electron chi connectivity index (χ4n) is 2.81. The summed E-state index contributed by atoms with van der Waals surface area (Å²) in [6.07, 6.45) is 0. The van der Waals surface area contributed by atoms with Crippen LogP contribution in [-0.4, -0.2) is 26.8 Å². The number of thioether (sulfide) groups is 1. The standard InChI is InChI=1S/C20H18N4OS2/c1-13(15-9-8-14-5-2-3-6-16(14)11-15)21-18(25)12-27-20-22-19(23-24-20)17-7-4-10-26-17/h2-11,13H,12H2,1H3,(H,21,25)(H,22,23,24)/t13-/m0/s1. The summed E-state index contributed by atoms with van der Waals surface area (Å²) in [5, 5.41) is 15.1. The molecule has 1 atom stereocenters. The summed E-state index contributed by atoms with van der Waals surface area (Å²) in [5.74, 6) is 0.972. The molecule has 0 aliphatic carbocycles. The molecule has 0 aliphatic rings. The van der Waals surface area contributed by atoms with Crippen molar-refractivity contribution in [1.29, 1.82) is 0 Å². The third-order valence-electron chi connectivity index (χ3n) is 4.20. The van der Waals surface area contributed by atoms with E-state index in [1.807, 2.05) is 36.6 Å². The van der Waals surface area contributed by atoms with Gasteiger partial charge in [-0.1, -0.05) is 54.2 Å². The number of hydrogen-bond acceptors (Lipinski definition) is 5. The van der Waals surface area contributed by atoms with Crippen molar-refractivity contribution in [3.05, 3.63) is 65.5 Å². The first kappa shape index (κ1) is 17.8. The summed E-state index contributed by atoms with van der Waals surface area (Å²) >= 11 is 2.92. The van der Waals surface area contributed by atoms with Gasteiger partial charge in [0.25, 0.3) is 0 Å². The number of rotatable bonds is 6. The first-order chi connectivity index (χ1) is 13.2. The normalized spacial score (nSPS) is 12.2. The molecule has 2 heterocycles. The molecule has 0 fully saturated rings. The van der Waals surface area contributed by atoms with Crippen LogP contribution in [0.3, 0.4) is 0 Å². The number of aromatic amines is 1. The van der Waals surface area contributed by atoms with Gasteiger partial charge in [0.2, 0.25) is 11.1 Å². The predicted octanol–water partition coefficient (Wildman–Crippen LogP) is 4.66. The smallest absolute Gasteiger partial charge is 0.230 e. The molecule has 2 aromatic carbocycles. The molecule has 0 spiro atoms. The number of nitrogens with zero attached hydrogens (tertiary/aromatic N) is 2. The van der Waals surface area contributed by atoms with Crippen LogP contribution < -0.4 is 5.32 Å². The maximum Gasteiger partial charge on any atom is 0.230 e. The van der Waals surface area contributed by atoms with Gasteiger partial charge in [-0.15, -0.1) is 16.4 Å². The van der Waals surface area contributed by atoms with Crippen LogP contribution in [-0.2, 0) is 4.79 Å². The second kappa shape index (κ2) is 7.94. The molecule has 4 aromatic rings. The third kappa shape index (κ3) is 4.20. The van der Waals surface area contributed by atoms with E-state index < -0.39 is 0 Å². The molecule has 0 saturated heterocycles. The highest BCUT2D eigenvalue weighted by molar-refractivity contribution is 7.99. The minimum Gasteiger partial charge on any atom is -0.349 e. The summed E-state index contributed by atoms with van der Waals surface area (Å²) in [6.45, 7) is 1.99. The van der Waals surface area contributed by atoms with E-state index in [9.17, 15) is 4.79 Å². The van der Waals surface area contributed by atoms with Gasteiger partial charge in [-0.25, -0.2) is 4.98 Å². The maximum absolute atomic E-state index is 12.3. The zero-order valence-corrected chi connectivity index (χ0v) is 16.3. The quantitative estimate of drug-likeness (QED) is 0.467. The molecule has 7 heteroatoms. The van der Waals surface area contributed by atoms with Crippen LogP contribution in [0.1, 0.15) is 18.5 Å². The lowest BCUT2D eigenvalue weighted by Gasteiger charge is -2.14. The van der Waals surface area contributed by atoms with Gasteiger partial charge in [0.05, 0.1) is 16.7 Å². The van der Waals surface area contributed by atoms with Gasteiger partial charge in [0.15, 0.2) is 5.82 Å².